The number of amides is 1. The van der Waals surface area contributed by atoms with Gasteiger partial charge in [-0.2, -0.15) is 0 Å². The normalized spacial score (nSPS) is 18.5. The predicted molar refractivity (Wildman–Crippen MR) is 78.3 cm³/mol. The molecule has 4 heteroatoms. The first-order valence-corrected chi connectivity index (χ1v) is 7.28. The Bertz CT molecular complexity index is 294. The molecule has 112 valence electrons. The van der Waals surface area contributed by atoms with E-state index in [0.717, 1.165) is 32.5 Å². The number of rotatable bonds is 2. The quantitative estimate of drug-likeness (QED) is 0.838. The lowest BCUT2D eigenvalue weighted by Gasteiger charge is -2.34. The molecular formula is C15H30N2O2. The molecule has 1 heterocycles. The molecule has 0 unspecified atom stereocenters. The Hall–Kier alpha value is -0.770. The minimum atomic E-state index is -0.404. The Morgan fingerprint density at radius 2 is 1.68 bits per heavy atom. The lowest BCUT2D eigenvalue weighted by molar-refractivity contribution is 0.0196. The fourth-order valence-corrected chi connectivity index (χ4v) is 2.04. The molecule has 19 heavy (non-hydrogen) atoms. The summed E-state index contributed by atoms with van der Waals surface area (Å²) >= 11 is 0. The molecule has 1 aliphatic heterocycles. The van der Waals surface area contributed by atoms with Gasteiger partial charge in [-0.25, -0.2) is 4.79 Å². The molecule has 0 aromatic rings. The second-order valence-electron chi connectivity index (χ2n) is 7.68. The Morgan fingerprint density at radius 3 is 2.11 bits per heavy atom. The van der Waals surface area contributed by atoms with Gasteiger partial charge in [0.25, 0.3) is 0 Å². The number of hydrogen-bond donors (Lipinski definition) is 1. The number of ether oxygens (including phenoxy) is 1. The van der Waals surface area contributed by atoms with Crippen LogP contribution in [0.3, 0.4) is 0 Å². The maximum atomic E-state index is 11.9. The van der Waals surface area contributed by atoms with Crippen LogP contribution >= 0.6 is 0 Å². The van der Waals surface area contributed by atoms with Crippen LogP contribution in [-0.4, -0.2) is 42.3 Å². The van der Waals surface area contributed by atoms with Gasteiger partial charge in [-0.05, 0) is 39.0 Å². The molecule has 0 saturated carbocycles. The molecule has 1 aliphatic rings. The van der Waals surface area contributed by atoms with E-state index >= 15 is 0 Å². The number of carbonyl (C=O) groups excluding carboxylic acids is 1. The fraction of sp³-hybridized carbons (Fsp3) is 0.933. The Kier molecular flexibility index (Phi) is 5.25. The highest BCUT2D eigenvalue weighted by atomic mass is 16.6. The van der Waals surface area contributed by atoms with Crippen molar-refractivity contribution in [1.82, 2.24) is 10.2 Å². The second-order valence-corrected chi connectivity index (χ2v) is 7.68. The van der Waals surface area contributed by atoms with Crippen molar-refractivity contribution in [3.63, 3.8) is 0 Å². The highest BCUT2D eigenvalue weighted by Gasteiger charge is 2.27. The van der Waals surface area contributed by atoms with Crippen LogP contribution < -0.4 is 5.32 Å². The summed E-state index contributed by atoms with van der Waals surface area (Å²) in [6.07, 6.45) is 1.84. The Balaban J connectivity index is 2.31. The van der Waals surface area contributed by atoms with Crippen LogP contribution in [0.5, 0.6) is 0 Å². The number of nitrogens with one attached hydrogen (secondary N) is 1. The van der Waals surface area contributed by atoms with E-state index in [-0.39, 0.29) is 6.09 Å². The molecule has 4 nitrogen and oxygen atoms in total. The van der Waals surface area contributed by atoms with Gasteiger partial charge in [-0.15, -0.1) is 0 Å². The van der Waals surface area contributed by atoms with Crippen molar-refractivity contribution in [3.8, 4) is 0 Å². The minimum Gasteiger partial charge on any atom is -0.444 e. The molecule has 0 aromatic heterocycles. The van der Waals surface area contributed by atoms with Gasteiger partial charge >= 0.3 is 6.09 Å². The van der Waals surface area contributed by atoms with E-state index in [1.165, 1.54) is 0 Å². The Labute approximate surface area is 117 Å². The number of hydrogen-bond acceptors (Lipinski definition) is 3. The summed E-state index contributed by atoms with van der Waals surface area (Å²) < 4.78 is 5.39. The third-order valence-corrected chi connectivity index (χ3v) is 3.07. The zero-order chi connectivity index (χ0) is 14.7. The molecule has 0 radical (unpaired) electrons. The lowest BCUT2D eigenvalue weighted by atomic mass is 9.95. The van der Waals surface area contributed by atoms with Crippen molar-refractivity contribution in [1.29, 1.82) is 0 Å². The van der Waals surface area contributed by atoms with E-state index < -0.39 is 5.60 Å². The van der Waals surface area contributed by atoms with E-state index in [2.05, 4.69) is 26.1 Å². The maximum Gasteiger partial charge on any atom is 0.410 e. The third kappa shape index (κ3) is 6.81. The largest absolute Gasteiger partial charge is 0.444 e. The molecule has 0 spiro atoms. The number of carbonyl (C=O) groups is 1. The van der Waals surface area contributed by atoms with E-state index in [1.807, 2.05) is 25.7 Å². The Morgan fingerprint density at radius 1 is 1.16 bits per heavy atom. The minimum absolute atomic E-state index is 0.179. The van der Waals surface area contributed by atoms with Gasteiger partial charge in [0.05, 0.1) is 0 Å². The number of nitrogens with zero attached hydrogens (tertiary/aromatic N) is 1. The zero-order valence-electron chi connectivity index (χ0n) is 13.4. The van der Waals surface area contributed by atoms with E-state index in [4.69, 9.17) is 4.74 Å². The van der Waals surface area contributed by atoms with E-state index in [0.29, 0.717) is 11.5 Å². The summed E-state index contributed by atoms with van der Waals surface area (Å²) in [6, 6.07) is 0.526. The first-order valence-electron chi connectivity index (χ1n) is 7.28. The SMILES string of the molecule is CC(C)(C)CNC1CCN(C(=O)OC(C)(C)C)CC1. The van der Waals surface area contributed by atoms with Gasteiger partial charge in [0, 0.05) is 25.7 Å². The van der Waals surface area contributed by atoms with Crippen LogP contribution in [0.2, 0.25) is 0 Å². The predicted octanol–water partition coefficient (Wildman–Crippen LogP) is 3.02. The number of piperidine rings is 1. The molecule has 1 N–H and O–H groups in total. The highest BCUT2D eigenvalue weighted by molar-refractivity contribution is 5.68. The monoisotopic (exact) mass is 270 g/mol. The van der Waals surface area contributed by atoms with Gasteiger partial charge < -0.3 is 15.0 Å². The summed E-state index contributed by atoms with van der Waals surface area (Å²) in [4.78, 5) is 13.7. The average molecular weight is 270 g/mol. The molecule has 0 bridgehead atoms. The van der Waals surface area contributed by atoms with Crippen molar-refractivity contribution in [2.45, 2.75) is 66.0 Å². The van der Waals surface area contributed by atoms with Gasteiger partial charge in [0.1, 0.15) is 5.60 Å². The summed E-state index contributed by atoms with van der Waals surface area (Å²) in [7, 11) is 0. The van der Waals surface area contributed by atoms with Gasteiger partial charge in [0.15, 0.2) is 0 Å². The maximum absolute atomic E-state index is 11.9. The molecule has 0 aliphatic carbocycles. The molecule has 1 saturated heterocycles. The molecular weight excluding hydrogens is 240 g/mol. The van der Waals surface area contributed by atoms with E-state index in [9.17, 15) is 4.79 Å². The average Bonchev–Trinajstić information content (AvgIpc) is 2.23. The zero-order valence-corrected chi connectivity index (χ0v) is 13.4. The van der Waals surface area contributed by atoms with Crippen molar-refractivity contribution >= 4 is 6.09 Å². The number of likely N-dealkylation sites (tertiary alicyclic amines) is 1. The molecule has 1 rings (SSSR count). The van der Waals surface area contributed by atoms with Crippen molar-refractivity contribution in [2.24, 2.45) is 5.41 Å². The summed E-state index contributed by atoms with van der Waals surface area (Å²) in [5.74, 6) is 0. The van der Waals surface area contributed by atoms with Crippen LogP contribution in [0.1, 0.15) is 54.4 Å². The molecule has 1 amide bonds. The lowest BCUT2D eigenvalue weighted by Crippen LogP contribution is -2.47. The van der Waals surface area contributed by atoms with Crippen LogP contribution in [-0.2, 0) is 4.74 Å². The fourth-order valence-electron chi connectivity index (χ4n) is 2.04. The van der Waals surface area contributed by atoms with Gasteiger partial charge in [-0.3, -0.25) is 0 Å². The van der Waals surface area contributed by atoms with Gasteiger partial charge in [-0.1, -0.05) is 20.8 Å². The summed E-state index contributed by atoms with van der Waals surface area (Å²) in [5, 5.41) is 3.59. The summed E-state index contributed by atoms with van der Waals surface area (Å²) in [6.45, 7) is 15.0. The van der Waals surface area contributed by atoms with E-state index in [1.54, 1.807) is 0 Å². The van der Waals surface area contributed by atoms with Crippen molar-refractivity contribution in [3.05, 3.63) is 0 Å². The highest BCUT2D eigenvalue weighted by Crippen LogP contribution is 2.17. The van der Waals surface area contributed by atoms with Crippen LogP contribution in [0, 0.1) is 5.41 Å². The second kappa shape index (κ2) is 6.12. The molecule has 0 aromatic carbocycles. The molecule has 0 atom stereocenters. The standard InChI is InChI=1S/C15H30N2O2/c1-14(2,3)11-16-12-7-9-17(10-8-12)13(18)19-15(4,5)6/h12,16H,7-11H2,1-6H3. The van der Waals surface area contributed by atoms with Crippen molar-refractivity contribution in [2.75, 3.05) is 19.6 Å². The van der Waals surface area contributed by atoms with Crippen LogP contribution in [0.15, 0.2) is 0 Å². The smallest absolute Gasteiger partial charge is 0.410 e. The first-order chi connectivity index (χ1) is 8.57. The van der Waals surface area contributed by atoms with Gasteiger partial charge in [0.2, 0.25) is 0 Å². The summed E-state index contributed by atoms with van der Waals surface area (Å²) in [5.41, 5.74) is -0.0965. The van der Waals surface area contributed by atoms with Crippen LogP contribution in [0.25, 0.3) is 0 Å². The molecule has 1 fully saturated rings. The third-order valence-electron chi connectivity index (χ3n) is 3.07. The van der Waals surface area contributed by atoms with Crippen molar-refractivity contribution < 1.29 is 9.53 Å². The van der Waals surface area contributed by atoms with Crippen LogP contribution in [0.4, 0.5) is 4.79 Å². The first kappa shape index (κ1) is 16.3. The topological polar surface area (TPSA) is 41.6 Å².